The van der Waals surface area contributed by atoms with Crippen molar-refractivity contribution in [1.29, 1.82) is 0 Å². The molecule has 0 unspecified atom stereocenters. The molecule has 1 aromatic rings. The first-order valence-corrected chi connectivity index (χ1v) is 7.37. The fourth-order valence-electron chi connectivity index (χ4n) is 3.05. The van der Waals surface area contributed by atoms with Gasteiger partial charge in [0.1, 0.15) is 0 Å². The zero-order valence-electron chi connectivity index (χ0n) is 11.4. The first-order chi connectivity index (χ1) is 10.1. The fourth-order valence-corrected chi connectivity index (χ4v) is 3.31. The molecule has 3 rings (SSSR count). The molecule has 1 aromatic carbocycles. The zero-order valence-corrected chi connectivity index (χ0v) is 12.1. The SMILES string of the molecule is OC[C@H]1CCC[C@H]1N1CC(Cl)=C(c2ccc(F)c(F)c2)O1. The van der Waals surface area contributed by atoms with Gasteiger partial charge in [0.25, 0.3) is 0 Å². The Morgan fingerprint density at radius 1 is 1.29 bits per heavy atom. The number of halogens is 3. The minimum absolute atomic E-state index is 0.103. The third kappa shape index (κ3) is 2.78. The molecule has 2 atom stereocenters. The van der Waals surface area contributed by atoms with Crippen molar-refractivity contribution < 1.29 is 18.7 Å². The lowest BCUT2D eigenvalue weighted by Crippen LogP contribution is -2.36. The molecule has 6 heteroatoms. The van der Waals surface area contributed by atoms with Gasteiger partial charge >= 0.3 is 0 Å². The molecule has 3 nitrogen and oxygen atoms in total. The predicted octanol–water partition coefficient (Wildman–Crippen LogP) is 3.28. The Hall–Kier alpha value is -1.17. The van der Waals surface area contributed by atoms with Crippen molar-refractivity contribution in [2.24, 2.45) is 5.92 Å². The highest BCUT2D eigenvalue weighted by Gasteiger charge is 2.37. The lowest BCUT2D eigenvalue weighted by molar-refractivity contribution is -0.113. The van der Waals surface area contributed by atoms with Gasteiger partial charge < -0.3 is 9.94 Å². The molecule has 2 aliphatic rings. The van der Waals surface area contributed by atoms with Crippen LogP contribution in [0.2, 0.25) is 0 Å². The molecular formula is C15H16ClF2NO2. The summed E-state index contributed by atoms with van der Waals surface area (Å²) in [4.78, 5) is 5.75. The average Bonchev–Trinajstić information content (AvgIpc) is 3.07. The van der Waals surface area contributed by atoms with Crippen molar-refractivity contribution in [3.05, 3.63) is 40.4 Å². The number of aliphatic hydroxyl groups is 1. The summed E-state index contributed by atoms with van der Waals surface area (Å²) in [7, 11) is 0. The highest BCUT2D eigenvalue weighted by atomic mass is 35.5. The zero-order chi connectivity index (χ0) is 15.0. The van der Waals surface area contributed by atoms with E-state index in [4.69, 9.17) is 16.4 Å². The standard InChI is InChI=1S/C15H16ClF2NO2/c16-11-7-19(14-3-1-2-10(14)8-20)21-15(11)9-4-5-12(17)13(18)6-9/h4-6,10,14,20H,1-3,7-8H2/t10-,14-/m1/s1. The first kappa shape index (κ1) is 14.8. The van der Waals surface area contributed by atoms with Crippen LogP contribution in [-0.4, -0.2) is 29.4 Å². The quantitative estimate of drug-likeness (QED) is 0.929. The largest absolute Gasteiger partial charge is 0.403 e. The van der Waals surface area contributed by atoms with Crippen molar-refractivity contribution >= 4 is 17.4 Å². The second-order valence-corrected chi connectivity index (χ2v) is 5.93. The summed E-state index contributed by atoms with van der Waals surface area (Å²) in [6.45, 7) is 0.514. The monoisotopic (exact) mass is 315 g/mol. The minimum Gasteiger partial charge on any atom is -0.403 e. The van der Waals surface area contributed by atoms with Gasteiger partial charge in [0.15, 0.2) is 17.4 Å². The van der Waals surface area contributed by atoms with Crippen LogP contribution in [0.4, 0.5) is 8.78 Å². The third-order valence-corrected chi connectivity index (χ3v) is 4.45. The van der Waals surface area contributed by atoms with Crippen LogP contribution < -0.4 is 0 Å². The number of hydroxylamine groups is 2. The normalized spacial score (nSPS) is 26.5. The van der Waals surface area contributed by atoms with E-state index in [0.717, 1.165) is 31.4 Å². The topological polar surface area (TPSA) is 32.7 Å². The number of nitrogens with zero attached hydrogens (tertiary/aromatic N) is 1. The van der Waals surface area contributed by atoms with E-state index in [0.29, 0.717) is 22.9 Å². The molecular weight excluding hydrogens is 300 g/mol. The van der Waals surface area contributed by atoms with E-state index in [1.165, 1.54) is 6.07 Å². The van der Waals surface area contributed by atoms with Crippen LogP contribution >= 0.6 is 11.6 Å². The van der Waals surface area contributed by atoms with Crippen LogP contribution in [0.1, 0.15) is 24.8 Å². The summed E-state index contributed by atoms with van der Waals surface area (Å²) in [6, 6.07) is 3.68. The van der Waals surface area contributed by atoms with E-state index >= 15 is 0 Å². The van der Waals surface area contributed by atoms with Gasteiger partial charge in [0.05, 0.1) is 17.6 Å². The number of benzene rings is 1. The van der Waals surface area contributed by atoms with Crippen molar-refractivity contribution in [1.82, 2.24) is 5.06 Å². The lowest BCUT2D eigenvalue weighted by atomic mass is 10.1. The van der Waals surface area contributed by atoms with Gasteiger partial charge in [-0.15, -0.1) is 5.06 Å². The summed E-state index contributed by atoms with van der Waals surface area (Å²) < 4.78 is 26.3. The molecule has 21 heavy (non-hydrogen) atoms. The minimum atomic E-state index is -0.930. The summed E-state index contributed by atoms with van der Waals surface area (Å²) >= 11 is 6.20. The Balaban J connectivity index is 1.78. The van der Waals surface area contributed by atoms with Gasteiger partial charge in [-0.25, -0.2) is 8.78 Å². The maximum absolute atomic E-state index is 13.3. The van der Waals surface area contributed by atoms with Gasteiger partial charge in [0.2, 0.25) is 0 Å². The Morgan fingerprint density at radius 2 is 2.10 bits per heavy atom. The van der Waals surface area contributed by atoms with Crippen LogP contribution in [0, 0.1) is 17.6 Å². The molecule has 1 saturated carbocycles. The molecule has 0 spiro atoms. The Kier molecular flexibility index (Phi) is 4.15. The van der Waals surface area contributed by atoms with Crippen molar-refractivity contribution in [2.45, 2.75) is 25.3 Å². The molecule has 0 amide bonds. The number of aliphatic hydroxyl groups excluding tert-OH is 1. The number of hydrogen-bond donors (Lipinski definition) is 1. The average molecular weight is 316 g/mol. The second kappa shape index (κ2) is 5.91. The molecule has 0 saturated heterocycles. The van der Waals surface area contributed by atoms with Crippen LogP contribution in [-0.2, 0) is 4.84 Å². The molecule has 1 aliphatic carbocycles. The van der Waals surface area contributed by atoms with E-state index < -0.39 is 11.6 Å². The van der Waals surface area contributed by atoms with Crippen LogP contribution in [0.15, 0.2) is 23.2 Å². The van der Waals surface area contributed by atoms with Gasteiger partial charge in [0, 0.05) is 18.1 Å². The Morgan fingerprint density at radius 3 is 2.81 bits per heavy atom. The van der Waals surface area contributed by atoms with Gasteiger partial charge in [-0.2, -0.15) is 0 Å². The van der Waals surface area contributed by atoms with Crippen LogP contribution in [0.5, 0.6) is 0 Å². The van der Waals surface area contributed by atoms with Crippen LogP contribution in [0.3, 0.4) is 0 Å². The number of rotatable bonds is 3. The van der Waals surface area contributed by atoms with Gasteiger partial charge in [-0.1, -0.05) is 18.0 Å². The van der Waals surface area contributed by atoms with Crippen molar-refractivity contribution in [3.8, 4) is 0 Å². The van der Waals surface area contributed by atoms with E-state index in [9.17, 15) is 13.9 Å². The molecule has 114 valence electrons. The first-order valence-electron chi connectivity index (χ1n) is 6.99. The molecule has 0 aromatic heterocycles. The summed E-state index contributed by atoms with van der Waals surface area (Å²) in [6.07, 6.45) is 2.92. The summed E-state index contributed by atoms with van der Waals surface area (Å²) in [5, 5.41) is 11.6. The molecule has 1 N–H and O–H groups in total. The maximum atomic E-state index is 13.3. The number of hydrogen-bond acceptors (Lipinski definition) is 3. The smallest absolute Gasteiger partial charge is 0.170 e. The maximum Gasteiger partial charge on any atom is 0.170 e. The van der Waals surface area contributed by atoms with Crippen LogP contribution in [0.25, 0.3) is 5.76 Å². The van der Waals surface area contributed by atoms with Gasteiger partial charge in [-0.05, 0) is 31.0 Å². The predicted molar refractivity (Wildman–Crippen MR) is 75.1 cm³/mol. The molecule has 1 heterocycles. The van der Waals surface area contributed by atoms with E-state index in [2.05, 4.69) is 0 Å². The van der Waals surface area contributed by atoms with Crippen molar-refractivity contribution in [2.75, 3.05) is 13.2 Å². The Labute approximate surface area is 126 Å². The van der Waals surface area contributed by atoms with Crippen molar-refractivity contribution in [3.63, 3.8) is 0 Å². The summed E-state index contributed by atoms with van der Waals surface area (Å²) in [5.74, 6) is -1.31. The second-order valence-electron chi connectivity index (χ2n) is 5.47. The van der Waals surface area contributed by atoms with E-state index in [1.807, 2.05) is 0 Å². The lowest BCUT2D eigenvalue weighted by Gasteiger charge is -2.27. The third-order valence-electron chi connectivity index (χ3n) is 4.15. The molecule has 0 bridgehead atoms. The molecule has 1 fully saturated rings. The molecule has 1 aliphatic heterocycles. The highest BCUT2D eigenvalue weighted by Crippen LogP contribution is 2.38. The van der Waals surface area contributed by atoms with Gasteiger partial charge in [-0.3, -0.25) is 0 Å². The highest BCUT2D eigenvalue weighted by molar-refractivity contribution is 6.32. The fraction of sp³-hybridized carbons (Fsp3) is 0.467. The van der Waals surface area contributed by atoms with E-state index in [-0.39, 0.29) is 18.6 Å². The molecule has 0 radical (unpaired) electrons. The van der Waals surface area contributed by atoms with E-state index in [1.54, 1.807) is 5.06 Å². The summed E-state index contributed by atoms with van der Waals surface area (Å²) in [5.41, 5.74) is 0.417. The Bertz CT molecular complexity index is 579.